The molecule has 0 saturated heterocycles. The van der Waals surface area contributed by atoms with E-state index >= 15 is 0 Å². The van der Waals surface area contributed by atoms with Crippen molar-refractivity contribution in [1.82, 2.24) is 15.3 Å². The maximum absolute atomic E-state index is 13.5. The number of hydrogen-bond donors (Lipinski definition) is 3. The highest BCUT2D eigenvalue weighted by Crippen LogP contribution is 2.47. The summed E-state index contributed by atoms with van der Waals surface area (Å²) < 4.78 is 16.9. The van der Waals surface area contributed by atoms with Crippen LogP contribution in [-0.4, -0.2) is 52.6 Å². The van der Waals surface area contributed by atoms with E-state index < -0.39 is 17.6 Å². The standard InChI is InChI=1S/C34H39N5O6/c1-3-23(40)11-5-4-6-14-27(30(36)44-29(35)24-20-22-10-7-8-13-26(22)39-32(24)43-2)38-31(41)21-15-17-34(18-16-21)25-12-9-19-37-28(25)33(42)45-34/h7-10,12-13,19-21,27,35-36H,3-6,11,14-18H2,1-2H3,(H,38,41)/t21-,27-,34+/m0/s1. The van der Waals surface area contributed by atoms with E-state index in [0.717, 1.165) is 23.8 Å². The van der Waals surface area contributed by atoms with E-state index in [1.54, 1.807) is 18.3 Å². The van der Waals surface area contributed by atoms with Gasteiger partial charge in [-0.05, 0) is 56.7 Å². The molecule has 2 aromatic heterocycles. The highest BCUT2D eigenvalue weighted by atomic mass is 16.6. The van der Waals surface area contributed by atoms with Crippen LogP contribution in [0.3, 0.4) is 0 Å². The minimum absolute atomic E-state index is 0.202. The maximum atomic E-state index is 13.5. The molecule has 1 spiro atoms. The van der Waals surface area contributed by atoms with Crippen molar-refractivity contribution in [2.24, 2.45) is 5.92 Å². The molecule has 0 unspecified atom stereocenters. The van der Waals surface area contributed by atoms with E-state index in [2.05, 4.69) is 15.3 Å². The van der Waals surface area contributed by atoms with Crippen LogP contribution in [0.1, 0.15) is 92.7 Å². The minimum atomic E-state index is -0.774. The zero-order chi connectivity index (χ0) is 32.0. The number of ether oxygens (including phenoxy) is 3. The number of methoxy groups -OCH3 is 1. The largest absolute Gasteiger partial charge is 0.480 e. The number of unbranched alkanes of at least 4 members (excludes halogenated alkanes) is 2. The van der Waals surface area contributed by atoms with Gasteiger partial charge in [0.1, 0.15) is 17.4 Å². The Kier molecular flexibility index (Phi) is 9.85. The molecule has 0 radical (unpaired) electrons. The Labute approximate surface area is 262 Å². The van der Waals surface area contributed by atoms with Crippen LogP contribution >= 0.6 is 0 Å². The van der Waals surface area contributed by atoms with E-state index in [1.807, 2.05) is 37.3 Å². The lowest BCUT2D eigenvalue weighted by Gasteiger charge is -2.36. The molecule has 11 nitrogen and oxygen atoms in total. The van der Waals surface area contributed by atoms with Crippen molar-refractivity contribution in [3.63, 3.8) is 0 Å². The van der Waals surface area contributed by atoms with E-state index in [4.69, 9.17) is 25.0 Å². The third-order valence-electron chi connectivity index (χ3n) is 8.76. The van der Waals surface area contributed by atoms with Gasteiger partial charge in [-0.2, -0.15) is 0 Å². The number of benzene rings is 1. The quantitative estimate of drug-likeness (QED) is 0.102. The topological polar surface area (TPSA) is 164 Å². The van der Waals surface area contributed by atoms with Gasteiger partial charge < -0.3 is 19.5 Å². The van der Waals surface area contributed by atoms with Crippen LogP contribution in [-0.2, 0) is 24.7 Å². The van der Waals surface area contributed by atoms with Gasteiger partial charge in [-0.3, -0.25) is 20.4 Å². The monoisotopic (exact) mass is 613 g/mol. The van der Waals surface area contributed by atoms with E-state index in [9.17, 15) is 14.4 Å². The first-order valence-electron chi connectivity index (χ1n) is 15.5. The number of nitrogens with one attached hydrogen (secondary N) is 3. The van der Waals surface area contributed by atoms with Crippen molar-refractivity contribution in [1.29, 1.82) is 10.8 Å². The lowest BCUT2D eigenvalue weighted by Crippen LogP contribution is -2.46. The smallest absolute Gasteiger partial charge is 0.358 e. The fraction of sp³-hybridized carbons (Fsp3) is 0.441. The van der Waals surface area contributed by atoms with Crippen molar-refractivity contribution < 1.29 is 28.6 Å². The molecule has 2 aliphatic rings. The summed E-state index contributed by atoms with van der Waals surface area (Å²) in [6.07, 6.45) is 7.17. The van der Waals surface area contributed by atoms with Crippen LogP contribution < -0.4 is 10.1 Å². The third kappa shape index (κ3) is 7.02. The van der Waals surface area contributed by atoms with Gasteiger partial charge in [0.05, 0.1) is 18.2 Å². The molecule has 3 aromatic rings. The minimum Gasteiger partial charge on any atom is -0.480 e. The number of nitrogens with zero attached hydrogens (tertiary/aromatic N) is 2. The van der Waals surface area contributed by atoms with E-state index in [-0.39, 0.29) is 35.3 Å². The molecular formula is C34H39N5O6. The number of carbonyl (C=O) groups is 3. The first-order valence-corrected chi connectivity index (χ1v) is 15.5. The number of pyridine rings is 2. The lowest BCUT2D eigenvalue weighted by atomic mass is 9.75. The molecule has 3 heterocycles. The molecule has 1 aromatic carbocycles. The van der Waals surface area contributed by atoms with Gasteiger partial charge >= 0.3 is 5.97 Å². The van der Waals surface area contributed by atoms with Gasteiger partial charge in [0, 0.05) is 35.9 Å². The van der Waals surface area contributed by atoms with Crippen LogP contribution in [0.2, 0.25) is 0 Å². The number of Topliss-reactive ketones (excluding diaryl/α,β-unsaturated/α-hetero) is 1. The molecule has 1 fully saturated rings. The van der Waals surface area contributed by atoms with Gasteiger partial charge in [-0.15, -0.1) is 0 Å². The number of hydrogen-bond acceptors (Lipinski definition) is 10. The summed E-state index contributed by atoms with van der Waals surface area (Å²) in [5.41, 5.74) is 1.36. The Morgan fingerprint density at radius 3 is 2.64 bits per heavy atom. The molecule has 1 aliphatic heterocycles. The van der Waals surface area contributed by atoms with Gasteiger partial charge in [-0.1, -0.05) is 44.0 Å². The molecule has 5 rings (SSSR count). The zero-order valence-electron chi connectivity index (χ0n) is 25.7. The molecule has 1 amide bonds. The first-order chi connectivity index (χ1) is 21.7. The summed E-state index contributed by atoms with van der Waals surface area (Å²) >= 11 is 0. The number of esters is 1. The van der Waals surface area contributed by atoms with E-state index in [0.29, 0.717) is 68.1 Å². The summed E-state index contributed by atoms with van der Waals surface area (Å²) in [6.45, 7) is 1.85. The maximum Gasteiger partial charge on any atom is 0.358 e. The van der Waals surface area contributed by atoms with Crippen LogP contribution in [0.5, 0.6) is 5.88 Å². The number of carbonyl (C=O) groups excluding carboxylic acids is 3. The van der Waals surface area contributed by atoms with Gasteiger partial charge in [-0.25, -0.2) is 14.8 Å². The SMILES string of the molecule is CCC(=O)CCCCC[C@H](NC(=O)[C@H]1CC[C@]2(CC1)OC(=O)c1ncccc12)C(=N)OC(=N)c1cc2ccccc2nc1OC. The average Bonchev–Trinajstić information content (AvgIpc) is 3.33. The second-order valence-corrected chi connectivity index (χ2v) is 11.6. The molecular weight excluding hydrogens is 574 g/mol. The summed E-state index contributed by atoms with van der Waals surface area (Å²) in [5, 5.41) is 21.2. The number of rotatable bonds is 12. The fourth-order valence-electron chi connectivity index (χ4n) is 6.17. The molecule has 236 valence electrons. The Morgan fingerprint density at radius 1 is 1.11 bits per heavy atom. The van der Waals surface area contributed by atoms with Crippen LogP contribution in [0.15, 0.2) is 48.7 Å². The molecule has 45 heavy (non-hydrogen) atoms. The summed E-state index contributed by atoms with van der Waals surface area (Å²) in [6, 6.07) is 12.0. The highest BCUT2D eigenvalue weighted by Gasteiger charge is 2.49. The first kappa shape index (κ1) is 31.7. The number of amides is 1. The van der Waals surface area contributed by atoms with Crippen molar-refractivity contribution in [3.05, 3.63) is 65.5 Å². The molecule has 1 atom stereocenters. The van der Waals surface area contributed by atoms with E-state index in [1.165, 1.54) is 7.11 Å². The predicted octanol–water partition coefficient (Wildman–Crippen LogP) is 5.63. The molecule has 0 bridgehead atoms. The second kappa shape index (κ2) is 14.0. The van der Waals surface area contributed by atoms with Gasteiger partial charge in [0.2, 0.25) is 23.6 Å². The van der Waals surface area contributed by atoms with Crippen molar-refractivity contribution in [2.75, 3.05) is 7.11 Å². The normalized spacial score (nSPS) is 19.4. The molecule has 1 aliphatic carbocycles. The average molecular weight is 614 g/mol. The number of para-hydroxylation sites is 1. The number of fused-ring (bicyclic) bond motifs is 3. The lowest BCUT2D eigenvalue weighted by molar-refractivity contribution is -0.128. The fourth-order valence-corrected chi connectivity index (χ4v) is 6.17. The van der Waals surface area contributed by atoms with Crippen molar-refractivity contribution in [2.45, 2.75) is 82.8 Å². The highest BCUT2D eigenvalue weighted by molar-refractivity contribution is 6.04. The van der Waals surface area contributed by atoms with Crippen molar-refractivity contribution in [3.8, 4) is 5.88 Å². The van der Waals surface area contributed by atoms with Gasteiger partial charge in [0.15, 0.2) is 5.69 Å². The van der Waals surface area contributed by atoms with Crippen molar-refractivity contribution >= 4 is 40.4 Å². The van der Waals surface area contributed by atoms with Crippen LogP contribution in [0.25, 0.3) is 10.9 Å². The summed E-state index contributed by atoms with van der Waals surface area (Å²) in [5.74, 6) is -1.13. The Bertz CT molecular complexity index is 1610. The second-order valence-electron chi connectivity index (χ2n) is 11.6. The number of ketones is 1. The third-order valence-corrected chi connectivity index (χ3v) is 8.76. The summed E-state index contributed by atoms with van der Waals surface area (Å²) in [4.78, 5) is 46.3. The van der Waals surface area contributed by atoms with Gasteiger partial charge in [0.25, 0.3) is 0 Å². The number of aromatic nitrogens is 2. The predicted molar refractivity (Wildman–Crippen MR) is 168 cm³/mol. The van der Waals surface area contributed by atoms with Crippen LogP contribution in [0.4, 0.5) is 0 Å². The van der Waals surface area contributed by atoms with Crippen LogP contribution in [0, 0.1) is 16.7 Å². The zero-order valence-corrected chi connectivity index (χ0v) is 25.7. The molecule has 11 heteroatoms. The Morgan fingerprint density at radius 2 is 1.89 bits per heavy atom. The Hall–Kier alpha value is -4.67. The molecule has 1 saturated carbocycles. The Balaban J connectivity index is 1.25. The summed E-state index contributed by atoms with van der Waals surface area (Å²) in [7, 11) is 1.46. The molecule has 3 N–H and O–H groups in total.